The molecule has 0 spiro atoms. The van der Waals surface area contributed by atoms with Crippen LogP contribution in [0.3, 0.4) is 0 Å². The molecule has 6 heteroatoms. The molecule has 0 aromatic heterocycles. The average molecular weight is 362 g/mol. The highest BCUT2D eigenvalue weighted by Gasteiger charge is 2.16. The lowest BCUT2D eigenvalue weighted by Crippen LogP contribution is -2.46. The second kappa shape index (κ2) is 12.7. The van der Waals surface area contributed by atoms with Crippen LogP contribution in [-0.4, -0.2) is 81.3 Å². The highest BCUT2D eigenvalue weighted by Crippen LogP contribution is 2.08. The number of nitrogens with zero attached hydrogens (tertiary/aromatic N) is 3. The van der Waals surface area contributed by atoms with E-state index in [1.807, 2.05) is 6.92 Å². The van der Waals surface area contributed by atoms with Gasteiger partial charge in [0, 0.05) is 59.0 Å². The largest absolute Gasteiger partial charge is 0.380 e. The van der Waals surface area contributed by atoms with Gasteiger partial charge in [0.1, 0.15) is 0 Å². The molecule has 0 amide bonds. The van der Waals surface area contributed by atoms with Gasteiger partial charge in [-0.1, -0.05) is 30.3 Å². The zero-order valence-corrected chi connectivity index (χ0v) is 16.4. The molecular formula is C20H35N5O. The molecule has 0 bridgehead atoms. The fourth-order valence-corrected chi connectivity index (χ4v) is 3.04. The minimum absolute atomic E-state index is 0.713. The first-order valence-electron chi connectivity index (χ1n) is 9.90. The van der Waals surface area contributed by atoms with Crippen molar-refractivity contribution >= 4 is 5.96 Å². The standard InChI is InChI=1S/C20H35N5O/c1-3-21-20(23-11-17-26-4-2)22-10-12-24-13-15-25(16-14-24)18-19-8-6-5-7-9-19/h5-9H,3-4,10-18H2,1-2H3,(H2,21,22,23). The van der Waals surface area contributed by atoms with E-state index in [9.17, 15) is 0 Å². The van der Waals surface area contributed by atoms with Crippen LogP contribution in [0.1, 0.15) is 19.4 Å². The summed E-state index contributed by atoms with van der Waals surface area (Å²) in [5.41, 5.74) is 1.40. The van der Waals surface area contributed by atoms with Gasteiger partial charge in [0.2, 0.25) is 0 Å². The Morgan fingerprint density at radius 2 is 1.77 bits per heavy atom. The fourth-order valence-electron chi connectivity index (χ4n) is 3.04. The van der Waals surface area contributed by atoms with Crippen LogP contribution in [0.5, 0.6) is 0 Å². The number of guanidine groups is 1. The number of nitrogens with one attached hydrogen (secondary N) is 2. The molecule has 146 valence electrons. The predicted octanol–water partition coefficient (Wildman–Crippen LogP) is 1.40. The molecule has 1 heterocycles. The maximum Gasteiger partial charge on any atom is 0.191 e. The molecule has 0 unspecified atom stereocenters. The van der Waals surface area contributed by atoms with Gasteiger partial charge in [-0.25, -0.2) is 0 Å². The van der Waals surface area contributed by atoms with Crippen molar-refractivity contribution in [3.8, 4) is 0 Å². The van der Waals surface area contributed by atoms with E-state index in [2.05, 4.69) is 62.7 Å². The monoisotopic (exact) mass is 361 g/mol. The Bertz CT molecular complexity index is 500. The Kier molecular flexibility index (Phi) is 10.1. The van der Waals surface area contributed by atoms with Crippen LogP contribution in [0, 0.1) is 0 Å². The molecule has 1 aliphatic heterocycles. The average Bonchev–Trinajstić information content (AvgIpc) is 2.67. The van der Waals surface area contributed by atoms with Crippen molar-refractivity contribution < 1.29 is 4.74 Å². The highest BCUT2D eigenvalue weighted by atomic mass is 16.5. The Morgan fingerprint density at radius 1 is 1.04 bits per heavy atom. The van der Waals surface area contributed by atoms with E-state index in [1.54, 1.807) is 0 Å². The Labute approximate surface area is 158 Å². The Balaban J connectivity index is 1.64. The lowest BCUT2D eigenvalue weighted by Gasteiger charge is -2.34. The highest BCUT2D eigenvalue weighted by molar-refractivity contribution is 5.79. The molecule has 1 saturated heterocycles. The topological polar surface area (TPSA) is 52.1 Å². The van der Waals surface area contributed by atoms with Crippen LogP contribution in [0.15, 0.2) is 35.3 Å². The first-order chi connectivity index (χ1) is 12.8. The first-order valence-corrected chi connectivity index (χ1v) is 9.90. The molecule has 1 aromatic carbocycles. The molecule has 2 rings (SSSR count). The van der Waals surface area contributed by atoms with Crippen molar-refractivity contribution in [2.75, 3.05) is 65.6 Å². The van der Waals surface area contributed by atoms with Gasteiger partial charge in [-0.15, -0.1) is 0 Å². The Morgan fingerprint density at radius 3 is 2.46 bits per heavy atom. The third-order valence-corrected chi connectivity index (χ3v) is 4.49. The van der Waals surface area contributed by atoms with E-state index in [-0.39, 0.29) is 0 Å². The summed E-state index contributed by atoms with van der Waals surface area (Å²) >= 11 is 0. The zero-order valence-electron chi connectivity index (χ0n) is 16.4. The lowest BCUT2D eigenvalue weighted by atomic mass is 10.2. The van der Waals surface area contributed by atoms with Gasteiger partial charge >= 0.3 is 0 Å². The molecule has 26 heavy (non-hydrogen) atoms. The van der Waals surface area contributed by atoms with E-state index >= 15 is 0 Å². The predicted molar refractivity (Wildman–Crippen MR) is 109 cm³/mol. The summed E-state index contributed by atoms with van der Waals surface area (Å²) < 4.78 is 5.36. The van der Waals surface area contributed by atoms with Crippen LogP contribution in [-0.2, 0) is 11.3 Å². The van der Waals surface area contributed by atoms with Crippen LogP contribution < -0.4 is 10.6 Å². The summed E-state index contributed by atoms with van der Waals surface area (Å²) in [6, 6.07) is 10.7. The van der Waals surface area contributed by atoms with Crippen LogP contribution in [0.25, 0.3) is 0 Å². The fraction of sp³-hybridized carbons (Fsp3) is 0.650. The third kappa shape index (κ3) is 8.17. The van der Waals surface area contributed by atoms with E-state index in [0.29, 0.717) is 6.61 Å². The van der Waals surface area contributed by atoms with E-state index in [0.717, 1.165) is 71.5 Å². The number of hydrogen-bond donors (Lipinski definition) is 2. The second-order valence-electron chi connectivity index (χ2n) is 6.49. The van der Waals surface area contributed by atoms with Crippen LogP contribution in [0.4, 0.5) is 0 Å². The molecule has 2 N–H and O–H groups in total. The quantitative estimate of drug-likeness (QED) is 0.375. The summed E-state index contributed by atoms with van der Waals surface area (Å²) in [6.45, 7) is 14.6. The van der Waals surface area contributed by atoms with Crippen molar-refractivity contribution in [2.45, 2.75) is 20.4 Å². The summed E-state index contributed by atoms with van der Waals surface area (Å²) in [6.07, 6.45) is 0. The summed E-state index contributed by atoms with van der Waals surface area (Å²) in [5.74, 6) is 0.884. The SMILES string of the molecule is CCNC(=NCCN1CCN(Cc2ccccc2)CC1)NCCOCC. The minimum atomic E-state index is 0.713. The molecule has 0 aliphatic carbocycles. The van der Waals surface area contributed by atoms with Gasteiger partial charge in [-0.3, -0.25) is 14.8 Å². The number of rotatable bonds is 10. The number of hydrogen-bond acceptors (Lipinski definition) is 4. The normalized spacial score (nSPS) is 16.6. The van der Waals surface area contributed by atoms with Gasteiger partial charge in [0.25, 0.3) is 0 Å². The molecule has 6 nitrogen and oxygen atoms in total. The van der Waals surface area contributed by atoms with Gasteiger partial charge in [-0.05, 0) is 19.4 Å². The number of piperazine rings is 1. The maximum atomic E-state index is 5.36. The van der Waals surface area contributed by atoms with Gasteiger partial charge in [0.05, 0.1) is 13.2 Å². The van der Waals surface area contributed by atoms with Crippen molar-refractivity contribution in [3.63, 3.8) is 0 Å². The summed E-state index contributed by atoms with van der Waals surface area (Å²) in [4.78, 5) is 9.72. The van der Waals surface area contributed by atoms with E-state index in [4.69, 9.17) is 4.74 Å². The smallest absolute Gasteiger partial charge is 0.191 e. The molecule has 1 aromatic rings. The van der Waals surface area contributed by atoms with Gasteiger partial charge < -0.3 is 15.4 Å². The van der Waals surface area contributed by atoms with Crippen molar-refractivity contribution in [2.24, 2.45) is 4.99 Å². The summed E-state index contributed by atoms with van der Waals surface area (Å²) in [5, 5.41) is 6.60. The third-order valence-electron chi connectivity index (χ3n) is 4.49. The van der Waals surface area contributed by atoms with Crippen LogP contribution >= 0.6 is 0 Å². The van der Waals surface area contributed by atoms with E-state index in [1.165, 1.54) is 5.56 Å². The minimum Gasteiger partial charge on any atom is -0.380 e. The van der Waals surface area contributed by atoms with Crippen molar-refractivity contribution in [3.05, 3.63) is 35.9 Å². The second-order valence-corrected chi connectivity index (χ2v) is 6.49. The van der Waals surface area contributed by atoms with E-state index < -0.39 is 0 Å². The van der Waals surface area contributed by atoms with Crippen molar-refractivity contribution in [1.29, 1.82) is 0 Å². The van der Waals surface area contributed by atoms with Gasteiger partial charge in [-0.2, -0.15) is 0 Å². The number of aliphatic imine (C=N–C) groups is 1. The number of ether oxygens (including phenoxy) is 1. The van der Waals surface area contributed by atoms with Gasteiger partial charge in [0.15, 0.2) is 5.96 Å². The molecule has 0 atom stereocenters. The van der Waals surface area contributed by atoms with Crippen LogP contribution in [0.2, 0.25) is 0 Å². The Hall–Kier alpha value is -1.63. The molecule has 1 fully saturated rings. The summed E-state index contributed by atoms with van der Waals surface area (Å²) in [7, 11) is 0. The molecular weight excluding hydrogens is 326 g/mol. The maximum absolute atomic E-state index is 5.36. The molecule has 1 aliphatic rings. The number of benzene rings is 1. The molecule has 0 saturated carbocycles. The first kappa shape index (κ1) is 20.7. The molecule has 0 radical (unpaired) electrons. The zero-order chi connectivity index (χ0) is 18.5. The van der Waals surface area contributed by atoms with Crippen molar-refractivity contribution in [1.82, 2.24) is 20.4 Å². The lowest BCUT2D eigenvalue weighted by molar-refractivity contribution is 0.130.